The van der Waals surface area contributed by atoms with E-state index in [9.17, 15) is 0 Å². The molecule has 0 fully saturated rings. The molecule has 102 valence electrons. The van der Waals surface area contributed by atoms with Gasteiger partial charge in [-0.15, -0.1) is 0 Å². The van der Waals surface area contributed by atoms with Crippen molar-refractivity contribution < 1.29 is 0 Å². The van der Waals surface area contributed by atoms with Gasteiger partial charge in [0, 0.05) is 19.7 Å². The van der Waals surface area contributed by atoms with E-state index in [-0.39, 0.29) is 6.04 Å². The van der Waals surface area contributed by atoms with Gasteiger partial charge in [-0.3, -0.25) is 9.67 Å². The van der Waals surface area contributed by atoms with E-state index in [2.05, 4.69) is 40.3 Å². The molecule has 0 saturated heterocycles. The molecule has 1 atom stereocenters. The summed E-state index contributed by atoms with van der Waals surface area (Å²) in [5, 5.41) is 7.67. The number of nitrogens with one attached hydrogen (secondary N) is 1. The van der Waals surface area contributed by atoms with Crippen LogP contribution in [0.4, 0.5) is 0 Å². The lowest BCUT2D eigenvalue weighted by Crippen LogP contribution is -2.26. The summed E-state index contributed by atoms with van der Waals surface area (Å²) in [5.41, 5.74) is 2.30. The van der Waals surface area contributed by atoms with Crippen molar-refractivity contribution in [3.63, 3.8) is 0 Å². The standard InChI is InChI=1S/C14H21N5/c1-4-7-15-12(9-13-17-10-18-19(13)3)14-11(2)6-5-8-16-14/h5-6,8,10,12,15H,4,7,9H2,1-3H3. The summed E-state index contributed by atoms with van der Waals surface area (Å²) >= 11 is 0. The molecule has 2 aromatic heterocycles. The molecule has 19 heavy (non-hydrogen) atoms. The first-order chi connectivity index (χ1) is 9.22. The molecule has 0 spiro atoms. The number of pyridine rings is 1. The van der Waals surface area contributed by atoms with Crippen molar-refractivity contribution in [1.29, 1.82) is 0 Å². The van der Waals surface area contributed by atoms with Crippen LogP contribution in [0.1, 0.15) is 36.5 Å². The van der Waals surface area contributed by atoms with Crippen LogP contribution in [-0.2, 0) is 13.5 Å². The van der Waals surface area contributed by atoms with E-state index < -0.39 is 0 Å². The van der Waals surface area contributed by atoms with Crippen molar-refractivity contribution in [3.05, 3.63) is 41.7 Å². The first kappa shape index (κ1) is 13.7. The molecule has 1 N–H and O–H groups in total. The minimum Gasteiger partial charge on any atom is -0.308 e. The predicted octanol–water partition coefficient (Wildman–Crippen LogP) is 1.80. The zero-order valence-electron chi connectivity index (χ0n) is 11.8. The smallest absolute Gasteiger partial charge is 0.138 e. The Bertz CT molecular complexity index is 520. The summed E-state index contributed by atoms with van der Waals surface area (Å²) in [7, 11) is 1.92. The minimum atomic E-state index is 0.184. The van der Waals surface area contributed by atoms with Gasteiger partial charge in [0.15, 0.2) is 0 Å². The number of rotatable bonds is 6. The first-order valence-corrected chi connectivity index (χ1v) is 6.70. The zero-order valence-corrected chi connectivity index (χ0v) is 11.8. The minimum absolute atomic E-state index is 0.184. The molecule has 0 bridgehead atoms. The Morgan fingerprint density at radius 3 is 2.84 bits per heavy atom. The molecule has 2 rings (SSSR count). The molecule has 2 heterocycles. The Balaban J connectivity index is 2.21. The van der Waals surface area contributed by atoms with Gasteiger partial charge in [-0.2, -0.15) is 5.10 Å². The highest BCUT2D eigenvalue weighted by atomic mass is 15.3. The predicted molar refractivity (Wildman–Crippen MR) is 74.7 cm³/mol. The average Bonchev–Trinajstić information content (AvgIpc) is 2.81. The highest BCUT2D eigenvalue weighted by Crippen LogP contribution is 2.18. The first-order valence-electron chi connectivity index (χ1n) is 6.70. The number of hydrogen-bond acceptors (Lipinski definition) is 4. The third kappa shape index (κ3) is 3.38. The lowest BCUT2D eigenvalue weighted by atomic mass is 10.0. The quantitative estimate of drug-likeness (QED) is 0.859. The molecule has 0 radical (unpaired) electrons. The number of nitrogens with zero attached hydrogens (tertiary/aromatic N) is 4. The van der Waals surface area contributed by atoms with E-state index in [1.165, 1.54) is 5.56 Å². The molecule has 0 aliphatic heterocycles. The SMILES string of the molecule is CCCNC(Cc1ncnn1C)c1ncccc1C. The lowest BCUT2D eigenvalue weighted by Gasteiger charge is -2.19. The molecular weight excluding hydrogens is 238 g/mol. The van der Waals surface area contributed by atoms with Gasteiger partial charge < -0.3 is 5.32 Å². The highest BCUT2D eigenvalue weighted by Gasteiger charge is 2.17. The Morgan fingerprint density at radius 2 is 2.21 bits per heavy atom. The molecule has 0 aromatic carbocycles. The molecule has 1 unspecified atom stereocenters. The third-order valence-corrected chi connectivity index (χ3v) is 3.21. The third-order valence-electron chi connectivity index (χ3n) is 3.21. The van der Waals surface area contributed by atoms with Crippen LogP contribution in [0.25, 0.3) is 0 Å². The van der Waals surface area contributed by atoms with Crippen LogP contribution in [0, 0.1) is 6.92 Å². The summed E-state index contributed by atoms with van der Waals surface area (Å²) in [4.78, 5) is 8.82. The monoisotopic (exact) mass is 259 g/mol. The fourth-order valence-electron chi connectivity index (χ4n) is 2.13. The van der Waals surface area contributed by atoms with Crippen molar-refractivity contribution in [1.82, 2.24) is 25.1 Å². The summed E-state index contributed by atoms with van der Waals surface area (Å²) in [5.74, 6) is 0.971. The average molecular weight is 259 g/mol. The van der Waals surface area contributed by atoms with E-state index in [1.807, 2.05) is 24.0 Å². The molecule has 0 aliphatic rings. The topological polar surface area (TPSA) is 55.6 Å². The largest absolute Gasteiger partial charge is 0.308 e. The summed E-state index contributed by atoms with van der Waals surface area (Å²) in [6, 6.07) is 4.25. The van der Waals surface area contributed by atoms with E-state index in [4.69, 9.17) is 0 Å². The Labute approximate surface area is 114 Å². The molecule has 0 amide bonds. The Kier molecular flexibility index (Phi) is 4.63. The number of hydrogen-bond donors (Lipinski definition) is 1. The highest BCUT2D eigenvalue weighted by molar-refractivity contribution is 5.22. The van der Waals surface area contributed by atoms with Crippen LogP contribution in [0.15, 0.2) is 24.7 Å². The summed E-state index contributed by atoms with van der Waals surface area (Å²) in [6.45, 7) is 5.23. The van der Waals surface area contributed by atoms with Gasteiger partial charge >= 0.3 is 0 Å². The van der Waals surface area contributed by atoms with Crippen molar-refractivity contribution >= 4 is 0 Å². The Morgan fingerprint density at radius 1 is 1.37 bits per heavy atom. The van der Waals surface area contributed by atoms with E-state index in [1.54, 1.807) is 6.33 Å². The fraction of sp³-hybridized carbons (Fsp3) is 0.500. The lowest BCUT2D eigenvalue weighted by molar-refractivity contribution is 0.494. The van der Waals surface area contributed by atoms with Crippen molar-refractivity contribution in [3.8, 4) is 0 Å². The van der Waals surface area contributed by atoms with E-state index in [0.717, 1.165) is 30.9 Å². The maximum atomic E-state index is 4.52. The molecule has 0 saturated carbocycles. The van der Waals surface area contributed by atoms with Crippen LogP contribution >= 0.6 is 0 Å². The van der Waals surface area contributed by atoms with Gasteiger partial charge in [-0.25, -0.2) is 4.98 Å². The van der Waals surface area contributed by atoms with Crippen LogP contribution in [-0.4, -0.2) is 26.3 Å². The Hall–Kier alpha value is -1.75. The maximum Gasteiger partial charge on any atom is 0.138 e. The van der Waals surface area contributed by atoms with Crippen LogP contribution < -0.4 is 5.32 Å². The maximum absolute atomic E-state index is 4.52. The van der Waals surface area contributed by atoms with Crippen molar-refractivity contribution in [2.75, 3.05) is 6.54 Å². The normalized spacial score (nSPS) is 12.6. The van der Waals surface area contributed by atoms with Gasteiger partial charge in [-0.1, -0.05) is 13.0 Å². The van der Waals surface area contributed by atoms with Crippen LogP contribution in [0.2, 0.25) is 0 Å². The van der Waals surface area contributed by atoms with Gasteiger partial charge in [-0.05, 0) is 31.5 Å². The van der Waals surface area contributed by atoms with Gasteiger partial charge in [0.1, 0.15) is 12.2 Å². The molecule has 5 nitrogen and oxygen atoms in total. The second-order valence-corrected chi connectivity index (χ2v) is 4.72. The molecule has 5 heteroatoms. The van der Waals surface area contributed by atoms with Gasteiger partial charge in [0.05, 0.1) is 11.7 Å². The second kappa shape index (κ2) is 6.43. The van der Waals surface area contributed by atoms with Crippen LogP contribution in [0.5, 0.6) is 0 Å². The van der Waals surface area contributed by atoms with Crippen LogP contribution in [0.3, 0.4) is 0 Å². The number of aromatic nitrogens is 4. The number of aryl methyl sites for hydroxylation is 2. The second-order valence-electron chi connectivity index (χ2n) is 4.72. The van der Waals surface area contributed by atoms with E-state index >= 15 is 0 Å². The zero-order chi connectivity index (χ0) is 13.7. The van der Waals surface area contributed by atoms with Crippen molar-refractivity contribution in [2.24, 2.45) is 7.05 Å². The van der Waals surface area contributed by atoms with Gasteiger partial charge in [0.25, 0.3) is 0 Å². The van der Waals surface area contributed by atoms with Gasteiger partial charge in [0.2, 0.25) is 0 Å². The molecular formula is C14H21N5. The summed E-state index contributed by atoms with van der Waals surface area (Å²) < 4.78 is 1.82. The molecule has 2 aromatic rings. The molecule has 0 aliphatic carbocycles. The fourth-order valence-corrected chi connectivity index (χ4v) is 2.13. The van der Waals surface area contributed by atoms with Crippen molar-refractivity contribution in [2.45, 2.75) is 32.7 Å². The summed E-state index contributed by atoms with van der Waals surface area (Å²) in [6.07, 6.45) is 5.34. The van der Waals surface area contributed by atoms with E-state index in [0.29, 0.717) is 0 Å².